The zero-order valence-corrected chi connectivity index (χ0v) is 16.0. The van der Waals surface area contributed by atoms with Gasteiger partial charge in [-0.05, 0) is 45.6 Å². The topological polar surface area (TPSA) is 84.5 Å². The Morgan fingerprint density at radius 3 is 2.56 bits per heavy atom. The Hall–Kier alpha value is -1.89. The van der Waals surface area contributed by atoms with Crippen LogP contribution in [0.5, 0.6) is 0 Å². The number of hydrogen-bond acceptors (Lipinski definition) is 5. The van der Waals surface area contributed by atoms with E-state index >= 15 is 0 Å². The lowest BCUT2D eigenvalue weighted by Crippen LogP contribution is -2.35. The molecule has 1 aliphatic carbocycles. The van der Waals surface area contributed by atoms with Crippen LogP contribution in [0.3, 0.4) is 0 Å². The van der Waals surface area contributed by atoms with E-state index in [9.17, 15) is 14.4 Å². The summed E-state index contributed by atoms with van der Waals surface area (Å²) in [5, 5.41) is 6.13. The average Bonchev–Trinajstić information content (AvgIpc) is 3.34. The summed E-state index contributed by atoms with van der Waals surface area (Å²) in [6.45, 7) is 7.35. The predicted octanol–water partition coefficient (Wildman–Crippen LogP) is 3.18. The summed E-state index contributed by atoms with van der Waals surface area (Å²) >= 11 is 1.36. The van der Waals surface area contributed by atoms with Gasteiger partial charge in [0.2, 0.25) is 5.91 Å². The van der Waals surface area contributed by atoms with Gasteiger partial charge in [-0.25, -0.2) is 4.79 Å². The van der Waals surface area contributed by atoms with Gasteiger partial charge >= 0.3 is 5.97 Å². The Morgan fingerprint density at radius 2 is 1.96 bits per heavy atom. The van der Waals surface area contributed by atoms with Crippen LogP contribution in [-0.2, 0) is 14.3 Å². The van der Waals surface area contributed by atoms with E-state index in [4.69, 9.17) is 4.74 Å². The van der Waals surface area contributed by atoms with Gasteiger partial charge in [0.05, 0.1) is 5.56 Å². The molecular formula is C18H26N2O4S. The number of nitrogens with one attached hydrogen (secondary N) is 2. The summed E-state index contributed by atoms with van der Waals surface area (Å²) in [7, 11) is 0. The minimum absolute atomic E-state index is 0.0507. The Kier molecular flexibility index (Phi) is 6.58. The van der Waals surface area contributed by atoms with Gasteiger partial charge in [0, 0.05) is 16.8 Å². The highest BCUT2D eigenvalue weighted by Crippen LogP contribution is 2.36. The number of aryl methyl sites for hydroxylation is 1. The molecule has 1 unspecified atom stereocenters. The SMILES string of the molecule is CCCC(C)NC(=O)COC(=O)c1c(NC(=O)C2CC2)sc(C)c1C. The van der Waals surface area contributed by atoms with Crippen LogP contribution < -0.4 is 10.6 Å². The van der Waals surface area contributed by atoms with Gasteiger partial charge in [-0.1, -0.05) is 13.3 Å². The van der Waals surface area contributed by atoms with E-state index in [-0.39, 0.29) is 30.4 Å². The highest BCUT2D eigenvalue weighted by molar-refractivity contribution is 7.16. The number of thiophene rings is 1. The van der Waals surface area contributed by atoms with Crippen LogP contribution in [0.4, 0.5) is 5.00 Å². The van der Waals surface area contributed by atoms with Crippen molar-refractivity contribution < 1.29 is 19.1 Å². The molecule has 138 valence electrons. The Bertz CT molecular complexity index is 664. The molecule has 1 fully saturated rings. The summed E-state index contributed by atoms with van der Waals surface area (Å²) in [6, 6.07) is 0.0507. The van der Waals surface area contributed by atoms with Crippen molar-refractivity contribution in [3.63, 3.8) is 0 Å². The van der Waals surface area contributed by atoms with Crippen molar-refractivity contribution >= 4 is 34.1 Å². The fourth-order valence-electron chi connectivity index (χ4n) is 2.55. The lowest BCUT2D eigenvalue weighted by Gasteiger charge is -2.13. The van der Waals surface area contributed by atoms with Crippen LogP contribution >= 0.6 is 11.3 Å². The molecule has 2 rings (SSSR count). The molecule has 0 bridgehead atoms. The molecule has 7 heteroatoms. The van der Waals surface area contributed by atoms with Crippen molar-refractivity contribution in [2.75, 3.05) is 11.9 Å². The number of rotatable bonds is 8. The molecule has 2 N–H and O–H groups in total. The van der Waals surface area contributed by atoms with Crippen molar-refractivity contribution in [1.82, 2.24) is 5.32 Å². The van der Waals surface area contributed by atoms with Gasteiger partial charge in [-0.15, -0.1) is 11.3 Å². The van der Waals surface area contributed by atoms with Gasteiger partial charge in [0.1, 0.15) is 5.00 Å². The summed E-state index contributed by atoms with van der Waals surface area (Å²) in [5.41, 5.74) is 1.13. The molecule has 0 saturated heterocycles. The van der Waals surface area contributed by atoms with Crippen LogP contribution in [-0.4, -0.2) is 30.4 Å². The van der Waals surface area contributed by atoms with Gasteiger partial charge in [-0.2, -0.15) is 0 Å². The number of carbonyl (C=O) groups excluding carboxylic acids is 3. The number of carbonyl (C=O) groups is 3. The fraction of sp³-hybridized carbons (Fsp3) is 0.611. The van der Waals surface area contributed by atoms with E-state index in [0.29, 0.717) is 10.6 Å². The Balaban J connectivity index is 1.98. The second kappa shape index (κ2) is 8.47. The van der Waals surface area contributed by atoms with Crippen molar-refractivity contribution in [1.29, 1.82) is 0 Å². The molecule has 0 aliphatic heterocycles. The maximum atomic E-state index is 12.4. The van der Waals surface area contributed by atoms with Crippen LogP contribution in [0, 0.1) is 19.8 Å². The first-order valence-electron chi connectivity index (χ1n) is 8.70. The van der Waals surface area contributed by atoms with Gasteiger partial charge < -0.3 is 15.4 Å². The smallest absolute Gasteiger partial charge is 0.341 e. The average molecular weight is 366 g/mol. The molecule has 1 heterocycles. The van der Waals surface area contributed by atoms with E-state index < -0.39 is 5.97 Å². The number of hydrogen-bond donors (Lipinski definition) is 2. The molecule has 1 atom stereocenters. The number of ether oxygens (including phenoxy) is 1. The van der Waals surface area contributed by atoms with Gasteiger partial charge in [0.25, 0.3) is 5.91 Å². The molecule has 0 radical (unpaired) electrons. The minimum Gasteiger partial charge on any atom is -0.452 e. The quantitative estimate of drug-likeness (QED) is 0.692. The molecule has 1 aromatic heterocycles. The van der Waals surface area contributed by atoms with E-state index in [1.54, 1.807) is 0 Å². The van der Waals surface area contributed by atoms with E-state index in [1.807, 2.05) is 27.7 Å². The standard InChI is InChI=1S/C18H26N2O4S/c1-5-6-10(2)19-14(21)9-24-18(23)15-11(3)12(4)25-17(15)20-16(22)13-7-8-13/h10,13H,5-9H2,1-4H3,(H,19,21)(H,20,22). The Labute approximate surface area is 152 Å². The molecule has 1 aromatic rings. The molecule has 1 saturated carbocycles. The lowest BCUT2D eigenvalue weighted by atomic mass is 10.1. The molecule has 0 aromatic carbocycles. The summed E-state index contributed by atoms with van der Waals surface area (Å²) in [6.07, 6.45) is 3.63. The van der Waals surface area contributed by atoms with E-state index in [0.717, 1.165) is 36.1 Å². The van der Waals surface area contributed by atoms with Crippen molar-refractivity contribution in [2.24, 2.45) is 5.92 Å². The molecule has 2 amide bonds. The monoisotopic (exact) mass is 366 g/mol. The Morgan fingerprint density at radius 1 is 1.28 bits per heavy atom. The molecule has 6 nitrogen and oxygen atoms in total. The second-order valence-corrected chi connectivity index (χ2v) is 7.81. The minimum atomic E-state index is -0.578. The van der Waals surface area contributed by atoms with Crippen LogP contribution in [0.2, 0.25) is 0 Å². The normalized spacial score (nSPS) is 14.7. The highest BCUT2D eigenvalue weighted by atomic mass is 32.1. The van der Waals surface area contributed by atoms with Crippen molar-refractivity contribution in [2.45, 2.75) is 59.4 Å². The zero-order chi connectivity index (χ0) is 18.6. The highest BCUT2D eigenvalue weighted by Gasteiger charge is 2.31. The number of amides is 2. The van der Waals surface area contributed by atoms with Gasteiger partial charge in [0.15, 0.2) is 6.61 Å². The molecule has 25 heavy (non-hydrogen) atoms. The largest absolute Gasteiger partial charge is 0.452 e. The summed E-state index contributed by atoms with van der Waals surface area (Å²) in [5.74, 6) is -0.896. The lowest BCUT2D eigenvalue weighted by molar-refractivity contribution is -0.124. The maximum Gasteiger partial charge on any atom is 0.341 e. The molecule has 0 spiro atoms. The number of anilines is 1. The second-order valence-electron chi connectivity index (χ2n) is 6.58. The molecular weight excluding hydrogens is 340 g/mol. The molecule has 1 aliphatic rings. The van der Waals surface area contributed by atoms with Crippen LogP contribution in [0.15, 0.2) is 0 Å². The van der Waals surface area contributed by atoms with Crippen molar-refractivity contribution in [3.05, 3.63) is 16.0 Å². The van der Waals surface area contributed by atoms with Crippen molar-refractivity contribution in [3.8, 4) is 0 Å². The van der Waals surface area contributed by atoms with E-state index in [2.05, 4.69) is 10.6 Å². The van der Waals surface area contributed by atoms with Crippen LogP contribution in [0.1, 0.15) is 60.3 Å². The summed E-state index contributed by atoms with van der Waals surface area (Å²) in [4.78, 5) is 37.2. The number of esters is 1. The summed E-state index contributed by atoms with van der Waals surface area (Å²) < 4.78 is 5.17. The first-order valence-corrected chi connectivity index (χ1v) is 9.52. The van der Waals surface area contributed by atoms with Gasteiger partial charge in [-0.3, -0.25) is 9.59 Å². The third-order valence-electron chi connectivity index (χ3n) is 4.24. The maximum absolute atomic E-state index is 12.4. The first-order chi connectivity index (χ1) is 11.8. The van der Waals surface area contributed by atoms with E-state index in [1.165, 1.54) is 11.3 Å². The first kappa shape index (κ1) is 19.4. The zero-order valence-electron chi connectivity index (χ0n) is 15.2. The predicted molar refractivity (Wildman–Crippen MR) is 97.9 cm³/mol. The van der Waals surface area contributed by atoms with Crippen LogP contribution in [0.25, 0.3) is 0 Å². The third kappa shape index (κ3) is 5.29. The third-order valence-corrected chi connectivity index (χ3v) is 5.36. The fourth-order valence-corrected chi connectivity index (χ4v) is 3.60.